The Bertz CT molecular complexity index is 975. The van der Waals surface area contributed by atoms with E-state index < -0.39 is 0 Å². The summed E-state index contributed by atoms with van der Waals surface area (Å²) in [7, 11) is 0. The topological polar surface area (TPSA) is 72.1 Å². The van der Waals surface area contributed by atoms with Gasteiger partial charge in [0, 0.05) is 41.2 Å². The van der Waals surface area contributed by atoms with E-state index in [0.29, 0.717) is 35.8 Å². The average Bonchev–Trinajstić information content (AvgIpc) is 2.67. The van der Waals surface area contributed by atoms with Gasteiger partial charge in [-0.25, -0.2) is 9.97 Å². The quantitative estimate of drug-likeness (QED) is 0.754. The van der Waals surface area contributed by atoms with Gasteiger partial charge < -0.3 is 10.6 Å². The predicted octanol–water partition coefficient (Wildman–Crippen LogP) is 3.58. The molecule has 0 spiro atoms. The van der Waals surface area contributed by atoms with Crippen LogP contribution in [0.15, 0.2) is 54.6 Å². The maximum atomic E-state index is 12.8. The first kappa shape index (κ1) is 16.5. The van der Waals surface area contributed by atoms with E-state index in [4.69, 9.17) is 17.3 Å². The SMILES string of the molecule is Nc1nc2c(c(-c3ccccc3Cl)n1)CN(C(=O)c1ccccc1)CC2. The van der Waals surface area contributed by atoms with Crippen LogP contribution < -0.4 is 5.73 Å². The van der Waals surface area contributed by atoms with Gasteiger partial charge in [0.25, 0.3) is 5.91 Å². The predicted molar refractivity (Wildman–Crippen MR) is 102 cm³/mol. The van der Waals surface area contributed by atoms with Crippen LogP contribution in [0.4, 0.5) is 5.95 Å². The molecule has 0 radical (unpaired) electrons. The zero-order valence-corrected chi connectivity index (χ0v) is 14.8. The molecule has 130 valence electrons. The minimum atomic E-state index is -0.00168. The molecule has 3 aromatic rings. The largest absolute Gasteiger partial charge is 0.368 e. The van der Waals surface area contributed by atoms with E-state index in [1.807, 2.05) is 59.5 Å². The Morgan fingerprint density at radius 3 is 2.54 bits per heavy atom. The maximum absolute atomic E-state index is 12.8. The third-order valence-electron chi connectivity index (χ3n) is 4.51. The summed E-state index contributed by atoms with van der Waals surface area (Å²) >= 11 is 6.37. The molecule has 2 heterocycles. The van der Waals surface area contributed by atoms with Gasteiger partial charge in [-0.2, -0.15) is 0 Å². The van der Waals surface area contributed by atoms with Crippen LogP contribution in [0.5, 0.6) is 0 Å². The van der Waals surface area contributed by atoms with Crippen LogP contribution in [0.25, 0.3) is 11.3 Å². The number of aromatic nitrogens is 2. The number of benzene rings is 2. The zero-order chi connectivity index (χ0) is 18.1. The third-order valence-corrected chi connectivity index (χ3v) is 4.84. The number of anilines is 1. The second-order valence-electron chi connectivity index (χ2n) is 6.18. The van der Waals surface area contributed by atoms with E-state index in [1.165, 1.54) is 0 Å². The first-order valence-electron chi connectivity index (χ1n) is 8.38. The van der Waals surface area contributed by atoms with Crippen LogP contribution in [-0.4, -0.2) is 27.3 Å². The fourth-order valence-corrected chi connectivity index (χ4v) is 3.47. The molecule has 0 bridgehead atoms. The molecular weight excluding hydrogens is 348 g/mol. The standard InChI is InChI=1S/C20H17ClN4O/c21-16-9-5-4-8-14(16)18-15-12-25(11-10-17(15)23-20(22)24-18)19(26)13-6-2-1-3-7-13/h1-9H,10-12H2,(H2,22,23,24). The summed E-state index contributed by atoms with van der Waals surface area (Å²) in [6, 6.07) is 16.8. The lowest BCUT2D eigenvalue weighted by molar-refractivity contribution is 0.0734. The normalized spacial score (nSPS) is 13.3. The molecule has 26 heavy (non-hydrogen) atoms. The number of nitrogens with zero attached hydrogens (tertiary/aromatic N) is 3. The number of hydrogen-bond acceptors (Lipinski definition) is 4. The lowest BCUT2D eigenvalue weighted by atomic mass is 9.98. The Labute approximate surface area is 156 Å². The highest BCUT2D eigenvalue weighted by atomic mass is 35.5. The van der Waals surface area contributed by atoms with E-state index in [-0.39, 0.29) is 11.9 Å². The molecule has 1 amide bonds. The third kappa shape index (κ3) is 3.02. The second kappa shape index (κ2) is 6.77. The molecule has 0 fully saturated rings. The molecule has 1 aliphatic heterocycles. The van der Waals surface area contributed by atoms with Gasteiger partial charge in [-0.05, 0) is 18.2 Å². The van der Waals surface area contributed by atoms with Gasteiger partial charge in [-0.1, -0.05) is 48.0 Å². The van der Waals surface area contributed by atoms with Crippen LogP contribution in [0, 0.1) is 0 Å². The van der Waals surface area contributed by atoms with Crippen molar-refractivity contribution in [1.29, 1.82) is 0 Å². The van der Waals surface area contributed by atoms with Crippen LogP contribution in [0.3, 0.4) is 0 Å². The van der Waals surface area contributed by atoms with Crippen molar-refractivity contribution in [3.63, 3.8) is 0 Å². The Morgan fingerprint density at radius 2 is 1.77 bits per heavy atom. The molecule has 2 N–H and O–H groups in total. The number of rotatable bonds is 2. The molecule has 6 heteroatoms. The van der Waals surface area contributed by atoms with E-state index in [1.54, 1.807) is 0 Å². The second-order valence-corrected chi connectivity index (χ2v) is 6.59. The number of halogens is 1. The van der Waals surface area contributed by atoms with E-state index in [0.717, 1.165) is 16.8 Å². The van der Waals surface area contributed by atoms with Crippen LogP contribution in [0.1, 0.15) is 21.6 Å². The molecule has 0 atom stereocenters. The molecule has 0 saturated heterocycles. The van der Waals surface area contributed by atoms with Crippen molar-refractivity contribution in [3.8, 4) is 11.3 Å². The fraction of sp³-hybridized carbons (Fsp3) is 0.150. The van der Waals surface area contributed by atoms with Gasteiger partial charge in [0.05, 0.1) is 11.4 Å². The van der Waals surface area contributed by atoms with E-state index >= 15 is 0 Å². The minimum Gasteiger partial charge on any atom is -0.368 e. The number of amides is 1. The zero-order valence-electron chi connectivity index (χ0n) is 14.0. The molecule has 4 rings (SSSR count). The van der Waals surface area contributed by atoms with E-state index in [9.17, 15) is 4.79 Å². The molecule has 0 aliphatic carbocycles. The summed E-state index contributed by atoms with van der Waals surface area (Å²) in [4.78, 5) is 23.5. The number of carbonyl (C=O) groups excluding carboxylic acids is 1. The lowest BCUT2D eigenvalue weighted by Crippen LogP contribution is -2.37. The molecule has 2 aromatic carbocycles. The summed E-state index contributed by atoms with van der Waals surface area (Å²) in [6.07, 6.45) is 0.637. The van der Waals surface area contributed by atoms with Crippen molar-refractivity contribution >= 4 is 23.5 Å². The number of nitrogens with two attached hydrogens (primary N) is 1. The smallest absolute Gasteiger partial charge is 0.254 e. The first-order valence-corrected chi connectivity index (χ1v) is 8.76. The summed E-state index contributed by atoms with van der Waals surface area (Å²) in [5.41, 5.74) is 9.86. The maximum Gasteiger partial charge on any atom is 0.254 e. The first-order chi connectivity index (χ1) is 12.6. The van der Waals surface area contributed by atoms with Gasteiger partial charge in [-0.3, -0.25) is 4.79 Å². The Morgan fingerprint density at radius 1 is 1.04 bits per heavy atom. The highest BCUT2D eigenvalue weighted by Gasteiger charge is 2.26. The van der Waals surface area contributed by atoms with Gasteiger partial charge >= 0.3 is 0 Å². The molecular formula is C20H17ClN4O. The Hall–Kier alpha value is -2.92. The molecule has 5 nitrogen and oxygen atoms in total. The van der Waals surface area contributed by atoms with Crippen molar-refractivity contribution in [2.24, 2.45) is 0 Å². The van der Waals surface area contributed by atoms with Gasteiger partial charge in [0.2, 0.25) is 5.95 Å². The van der Waals surface area contributed by atoms with Crippen LogP contribution in [0.2, 0.25) is 5.02 Å². The van der Waals surface area contributed by atoms with E-state index in [2.05, 4.69) is 9.97 Å². The number of carbonyl (C=O) groups is 1. The highest BCUT2D eigenvalue weighted by molar-refractivity contribution is 6.33. The summed E-state index contributed by atoms with van der Waals surface area (Å²) in [5.74, 6) is 0.222. The number of hydrogen-bond donors (Lipinski definition) is 1. The molecule has 0 unspecified atom stereocenters. The van der Waals surface area contributed by atoms with Crippen molar-refractivity contribution in [3.05, 3.63) is 76.4 Å². The fourth-order valence-electron chi connectivity index (χ4n) is 3.25. The average molecular weight is 365 g/mol. The molecule has 1 aliphatic rings. The minimum absolute atomic E-state index is 0.00168. The Kier molecular flexibility index (Phi) is 4.31. The van der Waals surface area contributed by atoms with Crippen molar-refractivity contribution in [2.75, 3.05) is 12.3 Å². The summed E-state index contributed by atoms with van der Waals surface area (Å²) in [5, 5.41) is 0.597. The van der Waals surface area contributed by atoms with Crippen LogP contribution in [-0.2, 0) is 13.0 Å². The monoisotopic (exact) mass is 364 g/mol. The van der Waals surface area contributed by atoms with Crippen molar-refractivity contribution in [2.45, 2.75) is 13.0 Å². The highest BCUT2D eigenvalue weighted by Crippen LogP contribution is 2.33. The van der Waals surface area contributed by atoms with Gasteiger partial charge in [0.15, 0.2) is 0 Å². The molecule has 0 saturated carbocycles. The lowest BCUT2D eigenvalue weighted by Gasteiger charge is -2.29. The van der Waals surface area contributed by atoms with Crippen LogP contribution >= 0.6 is 11.6 Å². The summed E-state index contributed by atoms with van der Waals surface area (Å²) < 4.78 is 0. The number of fused-ring (bicyclic) bond motifs is 1. The van der Waals surface area contributed by atoms with Crippen molar-refractivity contribution in [1.82, 2.24) is 14.9 Å². The number of nitrogen functional groups attached to an aromatic ring is 1. The van der Waals surface area contributed by atoms with Crippen molar-refractivity contribution < 1.29 is 4.79 Å². The molecule has 1 aromatic heterocycles. The Balaban J connectivity index is 1.75. The van der Waals surface area contributed by atoms with Gasteiger partial charge in [0.1, 0.15) is 0 Å². The van der Waals surface area contributed by atoms with Gasteiger partial charge in [-0.15, -0.1) is 0 Å². The summed E-state index contributed by atoms with van der Waals surface area (Å²) in [6.45, 7) is 1.03.